The van der Waals surface area contributed by atoms with E-state index in [-0.39, 0.29) is 17.6 Å². The van der Waals surface area contributed by atoms with E-state index < -0.39 is 0 Å². The monoisotopic (exact) mass is 298 g/mol. The summed E-state index contributed by atoms with van der Waals surface area (Å²) in [5, 5.41) is 0.464. The summed E-state index contributed by atoms with van der Waals surface area (Å²) in [7, 11) is 0. The van der Waals surface area contributed by atoms with E-state index in [0.29, 0.717) is 30.2 Å². The van der Waals surface area contributed by atoms with Crippen LogP contribution in [0.15, 0.2) is 18.2 Å². The van der Waals surface area contributed by atoms with Crippen molar-refractivity contribution in [3.05, 3.63) is 34.6 Å². The summed E-state index contributed by atoms with van der Waals surface area (Å²) in [6.45, 7) is 7.22. The third kappa shape index (κ3) is 3.49. The normalized spacial score (nSPS) is 16.8. The van der Waals surface area contributed by atoms with E-state index in [1.165, 1.54) is 6.07 Å². The third-order valence-corrected chi connectivity index (χ3v) is 3.98. The van der Waals surface area contributed by atoms with Gasteiger partial charge in [-0.05, 0) is 12.1 Å². The van der Waals surface area contributed by atoms with Crippen LogP contribution in [0.1, 0.15) is 19.4 Å². The van der Waals surface area contributed by atoms with Gasteiger partial charge in [0.2, 0.25) is 5.91 Å². The number of carbonyl (C=O) groups excluding carboxylic acids is 1. The number of hydrogen-bond acceptors (Lipinski definition) is 2. The lowest BCUT2D eigenvalue weighted by atomic mass is 10.1. The Bertz CT molecular complexity index is 465. The molecule has 0 saturated carbocycles. The molecule has 1 saturated heterocycles. The van der Waals surface area contributed by atoms with E-state index in [1.54, 1.807) is 12.1 Å². The third-order valence-electron chi connectivity index (χ3n) is 3.62. The van der Waals surface area contributed by atoms with Crippen LogP contribution < -0.4 is 0 Å². The van der Waals surface area contributed by atoms with Crippen molar-refractivity contribution >= 4 is 17.5 Å². The van der Waals surface area contributed by atoms with Crippen LogP contribution in [0, 0.1) is 11.7 Å². The van der Waals surface area contributed by atoms with Gasteiger partial charge in [0.25, 0.3) is 0 Å². The van der Waals surface area contributed by atoms with Crippen LogP contribution in [0.3, 0.4) is 0 Å². The standard InChI is InChI=1S/C15H20ClFN2O/c1-11(2)15(20)19-8-6-18(7-9-19)10-12-13(16)4-3-5-14(12)17/h3-5,11H,6-10H2,1-2H3. The second-order valence-electron chi connectivity index (χ2n) is 5.46. The van der Waals surface area contributed by atoms with Gasteiger partial charge in [0.1, 0.15) is 5.82 Å². The van der Waals surface area contributed by atoms with E-state index in [0.717, 1.165) is 13.1 Å². The van der Waals surface area contributed by atoms with Crippen molar-refractivity contribution in [3.63, 3.8) is 0 Å². The fraction of sp³-hybridized carbons (Fsp3) is 0.533. The number of amides is 1. The predicted octanol–water partition coefficient (Wildman–Crippen LogP) is 2.78. The van der Waals surface area contributed by atoms with Gasteiger partial charge in [0, 0.05) is 49.2 Å². The quantitative estimate of drug-likeness (QED) is 0.857. The summed E-state index contributed by atoms with van der Waals surface area (Å²) >= 11 is 6.04. The van der Waals surface area contributed by atoms with Gasteiger partial charge < -0.3 is 4.90 Å². The van der Waals surface area contributed by atoms with Gasteiger partial charge in [0.05, 0.1) is 0 Å². The lowest BCUT2D eigenvalue weighted by Gasteiger charge is -2.35. The second-order valence-corrected chi connectivity index (χ2v) is 5.86. The number of carbonyl (C=O) groups is 1. The molecule has 20 heavy (non-hydrogen) atoms. The minimum Gasteiger partial charge on any atom is -0.340 e. The van der Waals surface area contributed by atoms with E-state index >= 15 is 0 Å². The molecule has 0 atom stereocenters. The average Bonchev–Trinajstić information content (AvgIpc) is 2.43. The summed E-state index contributed by atoms with van der Waals surface area (Å²) in [5.41, 5.74) is 0.540. The first kappa shape index (κ1) is 15.3. The molecule has 0 aromatic heterocycles. The summed E-state index contributed by atoms with van der Waals surface area (Å²) in [5.74, 6) is -0.0469. The Kier molecular flexibility index (Phi) is 5.00. The van der Waals surface area contributed by atoms with Gasteiger partial charge in [-0.3, -0.25) is 9.69 Å². The Morgan fingerprint density at radius 3 is 2.50 bits per heavy atom. The topological polar surface area (TPSA) is 23.6 Å². The lowest BCUT2D eigenvalue weighted by Crippen LogP contribution is -2.49. The predicted molar refractivity (Wildman–Crippen MR) is 78.1 cm³/mol. The van der Waals surface area contributed by atoms with Crippen molar-refractivity contribution in [1.29, 1.82) is 0 Å². The number of rotatable bonds is 3. The Labute approximate surface area is 124 Å². The molecule has 0 N–H and O–H groups in total. The number of hydrogen-bond donors (Lipinski definition) is 0. The number of halogens is 2. The molecule has 2 rings (SSSR count). The fourth-order valence-corrected chi connectivity index (χ4v) is 2.62. The highest BCUT2D eigenvalue weighted by molar-refractivity contribution is 6.31. The Balaban J connectivity index is 1.93. The maximum absolute atomic E-state index is 13.7. The molecule has 0 unspecified atom stereocenters. The highest BCUT2D eigenvalue weighted by Gasteiger charge is 2.23. The molecule has 0 spiro atoms. The second kappa shape index (κ2) is 6.55. The molecule has 0 radical (unpaired) electrons. The van der Waals surface area contributed by atoms with Crippen molar-refractivity contribution in [2.75, 3.05) is 26.2 Å². The Morgan fingerprint density at radius 1 is 1.30 bits per heavy atom. The highest BCUT2D eigenvalue weighted by Crippen LogP contribution is 2.21. The maximum Gasteiger partial charge on any atom is 0.225 e. The molecule has 1 heterocycles. The van der Waals surface area contributed by atoms with E-state index in [1.807, 2.05) is 18.7 Å². The Morgan fingerprint density at radius 2 is 1.95 bits per heavy atom. The SMILES string of the molecule is CC(C)C(=O)N1CCN(Cc2c(F)cccc2Cl)CC1. The zero-order valence-electron chi connectivity index (χ0n) is 11.9. The fourth-order valence-electron chi connectivity index (χ4n) is 2.40. The molecular weight excluding hydrogens is 279 g/mol. The van der Waals surface area contributed by atoms with Crippen LogP contribution >= 0.6 is 11.6 Å². The summed E-state index contributed by atoms with van der Waals surface area (Å²) < 4.78 is 13.7. The van der Waals surface area contributed by atoms with Crippen molar-refractivity contribution in [2.45, 2.75) is 20.4 Å². The largest absolute Gasteiger partial charge is 0.340 e. The van der Waals surface area contributed by atoms with E-state index in [9.17, 15) is 9.18 Å². The summed E-state index contributed by atoms with van der Waals surface area (Å²) in [4.78, 5) is 15.9. The van der Waals surface area contributed by atoms with Crippen molar-refractivity contribution in [1.82, 2.24) is 9.80 Å². The van der Waals surface area contributed by atoms with Gasteiger partial charge in [-0.25, -0.2) is 4.39 Å². The first-order valence-electron chi connectivity index (χ1n) is 6.93. The summed E-state index contributed by atoms with van der Waals surface area (Å²) in [6, 6.07) is 4.75. The number of piperazine rings is 1. The summed E-state index contributed by atoms with van der Waals surface area (Å²) in [6.07, 6.45) is 0. The van der Waals surface area contributed by atoms with Gasteiger partial charge >= 0.3 is 0 Å². The van der Waals surface area contributed by atoms with Gasteiger partial charge in [-0.2, -0.15) is 0 Å². The first-order chi connectivity index (χ1) is 9.49. The van der Waals surface area contributed by atoms with E-state index in [4.69, 9.17) is 11.6 Å². The molecule has 1 aliphatic heterocycles. The van der Waals surface area contributed by atoms with Crippen LogP contribution in [0.2, 0.25) is 5.02 Å². The smallest absolute Gasteiger partial charge is 0.225 e. The molecule has 1 aromatic carbocycles. The molecule has 1 fully saturated rings. The highest BCUT2D eigenvalue weighted by atomic mass is 35.5. The molecular formula is C15H20ClFN2O. The van der Waals surface area contributed by atoms with Crippen LogP contribution in [0.25, 0.3) is 0 Å². The molecule has 0 bridgehead atoms. The zero-order chi connectivity index (χ0) is 14.7. The van der Waals surface area contributed by atoms with Crippen LogP contribution in [0.4, 0.5) is 4.39 Å². The molecule has 0 aliphatic carbocycles. The van der Waals surface area contributed by atoms with Crippen LogP contribution in [0.5, 0.6) is 0 Å². The average molecular weight is 299 g/mol. The number of nitrogens with zero attached hydrogens (tertiary/aromatic N) is 2. The minimum absolute atomic E-state index is 0.0302. The van der Waals surface area contributed by atoms with E-state index in [2.05, 4.69) is 4.90 Å². The molecule has 1 amide bonds. The van der Waals surface area contributed by atoms with Gasteiger partial charge in [-0.15, -0.1) is 0 Å². The Hall–Kier alpha value is -1.13. The molecule has 1 aromatic rings. The van der Waals surface area contributed by atoms with Crippen LogP contribution in [-0.4, -0.2) is 41.9 Å². The maximum atomic E-state index is 13.7. The van der Waals surface area contributed by atoms with Crippen LogP contribution in [-0.2, 0) is 11.3 Å². The minimum atomic E-state index is -0.266. The first-order valence-corrected chi connectivity index (χ1v) is 7.31. The molecule has 5 heteroatoms. The van der Waals surface area contributed by atoms with Crippen molar-refractivity contribution in [3.8, 4) is 0 Å². The van der Waals surface area contributed by atoms with Crippen molar-refractivity contribution < 1.29 is 9.18 Å². The lowest BCUT2D eigenvalue weighted by molar-refractivity contribution is -0.136. The van der Waals surface area contributed by atoms with Gasteiger partial charge in [-0.1, -0.05) is 31.5 Å². The zero-order valence-corrected chi connectivity index (χ0v) is 12.7. The molecule has 110 valence electrons. The molecule has 1 aliphatic rings. The van der Waals surface area contributed by atoms with Gasteiger partial charge in [0.15, 0.2) is 0 Å². The number of benzene rings is 1. The van der Waals surface area contributed by atoms with Crippen molar-refractivity contribution in [2.24, 2.45) is 5.92 Å². The molecule has 3 nitrogen and oxygen atoms in total.